The van der Waals surface area contributed by atoms with Crippen LogP contribution < -0.4 is 14.3 Å². The predicted octanol–water partition coefficient (Wildman–Crippen LogP) is 3.79. The summed E-state index contributed by atoms with van der Waals surface area (Å²) in [4.78, 5) is 21.9. The molecule has 0 spiro atoms. The van der Waals surface area contributed by atoms with Crippen molar-refractivity contribution in [3.05, 3.63) is 93.0 Å². The van der Waals surface area contributed by atoms with E-state index in [1.165, 1.54) is 43.7 Å². The molecule has 12 heteroatoms. The maximum atomic E-state index is 12.7. The summed E-state index contributed by atoms with van der Waals surface area (Å²) >= 11 is 5.86. The molecule has 0 bridgehead atoms. The number of amides is 1. The van der Waals surface area contributed by atoms with Gasteiger partial charge >= 0.3 is 10.1 Å². The number of ether oxygens (including phenoxy) is 1. The highest BCUT2D eigenvalue weighted by Gasteiger charge is 2.28. The second kappa shape index (κ2) is 10.1. The van der Waals surface area contributed by atoms with Gasteiger partial charge in [-0.05, 0) is 48.0 Å². The number of benzene rings is 3. The van der Waals surface area contributed by atoms with E-state index < -0.39 is 31.5 Å². The molecule has 0 aliphatic rings. The van der Waals surface area contributed by atoms with Gasteiger partial charge in [0.25, 0.3) is 11.6 Å². The molecule has 10 nitrogen and oxygen atoms in total. The zero-order valence-electron chi connectivity index (χ0n) is 17.0. The molecule has 33 heavy (non-hydrogen) atoms. The lowest BCUT2D eigenvalue weighted by Gasteiger charge is -2.11. The summed E-state index contributed by atoms with van der Waals surface area (Å²) in [5.74, 6) is -0.657. The Bertz CT molecular complexity index is 1340. The van der Waals surface area contributed by atoms with Gasteiger partial charge in [-0.3, -0.25) is 14.9 Å². The van der Waals surface area contributed by atoms with E-state index >= 15 is 0 Å². The summed E-state index contributed by atoms with van der Waals surface area (Å²) < 4.78 is 35.7. The number of carbonyl (C=O) groups excluding carboxylic acids is 1. The number of nitrogens with one attached hydrogen (secondary N) is 1. The van der Waals surface area contributed by atoms with Gasteiger partial charge in [0.15, 0.2) is 16.4 Å². The number of halogens is 1. The van der Waals surface area contributed by atoms with E-state index in [0.29, 0.717) is 16.1 Å². The fraction of sp³-hybridized carbons (Fsp3) is 0.0476. The third kappa shape index (κ3) is 5.84. The van der Waals surface area contributed by atoms with Crippen molar-refractivity contribution in [2.45, 2.75) is 4.90 Å². The zero-order chi connectivity index (χ0) is 24.0. The number of methoxy groups -OCH3 is 1. The number of nitro benzene ring substituents is 1. The van der Waals surface area contributed by atoms with Crippen LogP contribution in [0.15, 0.2) is 76.7 Å². The molecule has 1 N–H and O–H groups in total. The summed E-state index contributed by atoms with van der Waals surface area (Å²) in [7, 11) is -3.26. The number of hydrogen-bond donors (Lipinski definition) is 1. The molecule has 0 heterocycles. The van der Waals surface area contributed by atoms with E-state index in [-0.39, 0.29) is 11.5 Å². The van der Waals surface area contributed by atoms with Crippen LogP contribution >= 0.6 is 11.6 Å². The van der Waals surface area contributed by atoms with Crippen LogP contribution in [0, 0.1) is 10.1 Å². The molecule has 0 aromatic heterocycles. The molecule has 0 unspecified atom stereocenters. The van der Waals surface area contributed by atoms with Gasteiger partial charge in [0.2, 0.25) is 0 Å². The maximum Gasteiger partial charge on any atom is 0.346 e. The summed E-state index contributed by atoms with van der Waals surface area (Å²) in [6.45, 7) is 0. The molecule has 0 saturated carbocycles. The van der Waals surface area contributed by atoms with Crippen molar-refractivity contribution in [1.29, 1.82) is 0 Å². The Labute approximate surface area is 193 Å². The normalized spacial score (nSPS) is 11.2. The summed E-state index contributed by atoms with van der Waals surface area (Å²) in [5.41, 5.74) is 2.35. The summed E-state index contributed by atoms with van der Waals surface area (Å²) in [6.07, 6.45) is 1.26. The summed E-state index contributed by atoms with van der Waals surface area (Å²) in [6, 6.07) is 15.3. The molecule has 0 fully saturated rings. The van der Waals surface area contributed by atoms with Crippen LogP contribution in [0.4, 0.5) is 5.69 Å². The van der Waals surface area contributed by atoms with Crippen LogP contribution in [-0.2, 0) is 10.1 Å². The first-order valence-corrected chi connectivity index (χ1v) is 10.9. The number of hydrazone groups is 1. The van der Waals surface area contributed by atoms with Crippen LogP contribution in [0.5, 0.6) is 11.5 Å². The molecule has 0 atom stereocenters. The number of nitrogens with zero attached hydrogens (tertiary/aromatic N) is 2. The Hall–Kier alpha value is -3.96. The highest BCUT2D eigenvalue weighted by atomic mass is 35.5. The van der Waals surface area contributed by atoms with Crippen molar-refractivity contribution in [2.24, 2.45) is 5.10 Å². The van der Waals surface area contributed by atoms with Gasteiger partial charge in [0.1, 0.15) is 0 Å². The Balaban J connectivity index is 1.83. The monoisotopic (exact) mass is 489 g/mol. The first-order valence-electron chi connectivity index (χ1n) is 9.16. The van der Waals surface area contributed by atoms with Crippen LogP contribution in [0.1, 0.15) is 15.9 Å². The number of para-hydroxylation sites is 1. The Morgan fingerprint density at radius 1 is 1.09 bits per heavy atom. The van der Waals surface area contributed by atoms with Crippen molar-refractivity contribution < 1.29 is 27.1 Å². The summed E-state index contributed by atoms with van der Waals surface area (Å²) in [5, 5.41) is 15.4. The molecule has 1 amide bonds. The van der Waals surface area contributed by atoms with E-state index in [9.17, 15) is 23.3 Å². The van der Waals surface area contributed by atoms with E-state index in [4.69, 9.17) is 20.5 Å². The van der Waals surface area contributed by atoms with Crippen LogP contribution in [-0.4, -0.2) is 32.6 Å². The van der Waals surface area contributed by atoms with Gasteiger partial charge in [-0.2, -0.15) is 13.5 Å². The van der Waals surface area contributed by atoms with E-state index in [2.05, 4.69) is 10.5 Å². The fourth-order valence-electron chi connectivity index (χ4n) is 2.68. The zero-order valence-corrected chi connectivity index (χ0v) is 18.5. The second-order valence-electron chi connectivity index (χ2n) is 6.38. The van der Waals surface area contributed by atoms with Crippen LogP contribution in [0.25, 0.3) is 0 Å². The lowest BCUT2D eigenvalue weighted by atomic mass is 10.2. The van der Waals surface area contributed by atoms with E-state index in [1.54, 1.807) is 24.3 Å². The highest BCUT2D eigenvalue weighted by molar-refractivity contribution is 7.87. The second-order valence-corrected chi connectivity index (χ2v) is 8.33. The lowest BCUT2D eigenvalue weighted by molar-refractivity contribution is -0.387. The number of nitro groups is 1. The Kier molecular flexibility index (Phi) is 7.26. The number of rotatable bonds is 8. The molecule has 0 aliphatic heterocycles. The first kappa shape index (κ1) is 23.7. The standard InChI is InChI=1S/C21H16ClN3O7S/c1-31-18-10-9-14(13-23-24-21(26)15-5-4-6-16(22)12-15)11-19(18)32-33(29,30)20-8-3-2-7-17(20)25(27)28/h2-13H,1H3,(H,24,26)/b23-13-. The Morgan fingerprint density at radius 3 is 2.55 bits per heavy atom. The van der Waals surface area contributed by atoms with Gasteiger partial charge in [0, 0.05) is 16.7 Å². The molecule has 3 aromatic carbocycles. The molecular weight excluding hydrogens is 474 g/mol. The quantitative estimate of drug-likeness (QED) is 0.220. The van der Waals surface area contributed by atoms with Gasteiger partial charge in [-0.15, -0.1) is 0 Å². The first-order chi connectivity index (χ1) is 15.7. The van der Waals surface area contributed by atoms with Gasteiger partial charge in [0.05, 0.1) is 18.2 Å². The van der Waals surface area contributed by atoms with Gasteiger partial charge in [-0.25, -0.2) is 5.43 Å². The molecule has 170 valence electrons. The molecule has 3 aromatic rings. The topological polar surface area (TPSA) is 137 Å². The minimum Gasteiger partial charge on any atom is -0.493 e. The number of carbonyl (C=O) groups is 1. The van der Waals surface area contributed by atoms with E-state index in [0.717, 1.165) is 12.1 Å². The smallest absolute Gasteiger partial charge is 0.346 e. The molecule has 0 aliphatic carbocycles. The molecule has 0 radical (unpaired) electrons. The fourth-order valence-corrected chi connectivity index (χ4v) is 3.97. The molecule has 3 rings (SSSR count). The van der Waals surface area contributed by atoms with Gasteiger partial charge < -0.3 is 8.92 Å². The highest BCUT2D eigenvalue weighted by Crippen LogP contribution is 2.32. The third-order valence-corrected chi connectivity index (χ3v) is 5.70. The lowest BCUT2D eigenvalue weighted by Crippen LogP contribution is -2.17. The average Bonchev–Trinajstić information content (AvgIpc) is 2.79. The molecule has 0 saturated heterocycles. The largest absolute Gasteiger partial charge is 0.493 e. The van der Waals surface area contributed by atoms with Crippen molar-refractivity contribution in [3.63, 3.8) is 0 Å². The van der Waals surface area contributed by atoms with Crippen molar-refractivity contribution >= 4 is 39.5 Å². The van der Waals surface area contributed by atoms with Crippen molar-refractivity contribution in [3.8, 4) is 11.5 Å². The van der Waals surface area contributed by atoms with Crippen molar-refractivity contribution in [2.75, 3.05) is 7.11 Å². The average molecular weight is 490 g/mol. The third-order valence-electron chi connectivity index (χ3n) is 4.18. The minimum absolute atomic E-state index is 0.0669. The van der Waals surface area contributed by atoms with Crippen molar-refractivity contribution in [1.82, 2.24) is 5.43 Å². The molecular formula is C21H16ClN3O7S. The minimum atomic E-state index is -4.56. The predicted molar refractivity (Wildman–Crippen MR) is 120 cm³/mol. The van der Waals surface area contributed by atoms with Gasteiger partial charge in [-0.1, -0.05) is 29.8 Å². The number of hydrogen-bond acceptors (Lipinski definition) is 8. The Morgan fingerprint density at radius 2 is 1.85 bits per heavy atom. The van der Waals surface area contributed by atoms with Crippen LogP contribution in [0.2, 0.25) is 5.02 Å². The SMILES string of the molecule is COc1ccc(/C=N\NC(=O)c2cccc(Cl)c2)cc1OS(=O)(=O)c1ccccc1[N+](=O)[O-]. The van der Waals surface area contributed by atoms with Crippen LogP contribution in [0.3, 0.4) is 0 Å². The van der Waals surface area contributed by atoms with E-state index in [1.807, 2.05) is 0 Å². The maximum absolute atomic E-state index is 12.7.